The summed E-state index contributed by atoms with van der Waals surface area (Å²) < 4.78 is 10.3. The second-order valence-corrected chi connectivity index (χ2v) is 2.89. The quantitative estimate of drug-likeness (QED) is 0.490. The van der Waals surface area contributed by atoms with Crippen molar-refractivity contribution < 1.29 is 9.47 Å². The number of hydrogen-bond donors (Lipinski definition) is 0. The summed E-state index contributed by atoms with van der Waals surface area (Å²) in [6.45, 7) is 1.95. The molecule has 0 aromatic rings. The highest BCUT2D eigenvalue weighted by molar-refractivity contribution is 6.21. The van der Waals surface area contributed by atoms with E-state index >= 15 is 0 Å². The number of alkyl halides is 2. The summed E-state index contributed by atoms with van der Waals surface area (Å²) in [7, 11) is 0. The van der Waals surface area contributed by atoms with E-state index in [-0.39, 0.29) is 18.5 Å². The maximum absolute atomic E-state index is 5.52. The molecule has 1 fully saturated rings. The van der Waals surface area contributed by atoms with Gasteiger partial charge in [-0.1, -0.05) is 0 Å². The van der Waals surface area contributed by atoms with E-state index < -0.39 is 0 Å². The van der Waals surface area contributed by atoms with Crippen LogP contribution in [0.15, 0.2) is 0 Å². The van der Waals surface area contributed by atoms with Crippen LogP contribution >= 0.6 is 23.2 Å². The summed E-state index contributed by atoms with van der Waals surface area (Å²) in [5.74, 6) is 0.853. The molecule has 60 valence electrons. The highest BCUT2D eigenvalue weighted by Crippen LogP contribution is 2.24. The van der Waals surface area contributed by atoms with E-state index in [1.807, 2.05) is 6.92 Å². The Hall–Kier alpha value is 0.500. The van der Waals surface area contributed by atoms with Crippen molar-refractivity contribution in [3.63, 3.8) is 0 Å². The van der Waals surface area contributed by atoms with Gasteiger partial charge in [-0.05, 0) is 6.92 Å². The van der Waals surface area contributed by atoms with Crippen molar-refractivity contribution in [3.05, 3.63) is 0 Å². The average Bonchev–Trinajstić information content (AvgIpc) is 2.62. The summed E-state index contributed by atoms with van der Waals surface area (Å²) in [6.07, 6.45) is 0.0784. The van der Waals surface area contributed by atoms with Gasteiger partial charge in [-0.15, -0.1) is 23.2 Å². The lowest BCUT2D eigenvalue weighted by Crippen LogP contribution is -2.19. The highest BCUT2D eigenvalue weighted by atomic mass is 35.5. The van der Waals surface area contributed by atoms with Gasteiger partial charge < -0.3 is 9.47 Å². The van der Waals surface area contributed by atoms with Crippen molar-refractivity contribution in [3.8, 4) is 0 Å². The monoisotopic (exact) mass is 184 g/mol. The molecule has 1 rings (SSSR count). The molecule has 10 heavy (non-hydrogen) atoms. The predicted molar refractivity (Wildman–Crippen MR) is 40.6 cm³/mol. The Balaban J connectivity index is 2.10. The van der Waals surface area contributed by atoms with Gasteiger partial charge in [0.15, 0.2) is 6.29 Å². The first-order valence-electron chi connectivity index (χ1n) is 3.20. The molecule has 0 aromatic heterocycles. The van der Waals surface area contributed by atoms with Crippen LogP contribution in [0, 0.1) is 0 Å². The Bertz CT molecular complexity index is 106. The van der Waals surface area contributed by atoms with Gasteiger partial charge in [-0.25, -0.2) is 0 Å². The van der Waals surface area contributed by atoms with Gasteiger partial charge in [0.25, 0.3) is 0 Å². The molecule has 0 amide bonds. The van der Waals surface area contributed by atoms with Crippen LogP contribution in [-0.2, 0) is 9.47 Å². The fourth-order valence-electron chi connectivity index (χ4n) is 0.613. The van der Waals surface area contributed by atoms with Crippen LogP contribution in [0.1, 0.15) is 6.92 Å². The van der Waals surface area contributed by atoms with Crippen LogP contribution in [-0.4, -0.2) is 30.3 Å². The van der Waals surface area contributed by atoms with E-state index in [4.69, 9.17) is 32.7 Å². The van der Waals surface area contributed by atoms with E-state index in [0.29, 0.717) is 11.8 Å². The first-order valence-corrected chi connectivity index (χ1v) is 4.27. The number of rotatable bonds is 4. The molecule has 1 heterocycles. The lowest BCUT2D eigenvalue weighted by atomic mass is 10.4. The van der Waals surface area contributed by atoms with E-state index in [9.17, 15) is 0 Å². The molecule has 4 heteroatoms. The average molecular weight is 185 g/mol. The minimum Gasteiger partial charge on any atom is -0.344 e. The lowest BCUT2D eigenvalue weighted by molar-refractivity contribution is 0.0114. The van der Waals surface area contributed by atoms with Crippen molar-refractivity contribution in [1.29, 1.82) is 0 Å². The first kappa shape index (κ1) is 8.60. The predicted octanol–water partition coefficient (Wildman–Crippen LogP) is 1.59. The molecule has 2 atom stereocenters. The third-order valence-electron chi connectivity index (χ3n) is 1.33. The second kappa shape index (κ2) is 3.77. The maximum atomic E-state index is 5.52. The molecule has 2 nitrogen and oxygen atoms in total. The molecular formula is C6H10Cl2O2. The van der Waals surface area contributed by atoms with Gasteiger partial charge >= 0.3 is 0 Å². The standard InChI is InChI=1S/C6H10Cl2O2/c1-4-6(9-4)10-5(2-7)3-8/h4-6H,2-3H2,1H3. The summed E-state index contributed by atoms with van der Waals surface area (Å²) in [5, 5.41) is 0. The molecule has 0 aliphatic carbocycles. The third kappa shape index (κ3) is 2.27. The van der Waals surface area contributed by atoms with Gasteiger partial charge in [0, 0.05) is 11.8 Å². The second-order valence-electron chi connectivity index (χ2n) is 2.28. The Morgan fingerprint density at radius 3 is 2.30 bits per heavy atom. The Morgan fingerprint density at radius 2 is 2.00 bits per heavy atom. The highest BCUT2D eigenvalue weighted by Gasteiger charge is 2.37. The zero-order valence-corrected chi connectivity index (χ0v) is 7.23. The molecule has 1 aliphatic rings. The third-order valence-corrected chi connectivity index (χ3v) is 2.01. The largest absolute Gasteiger partial charge is 0.344 e. The van der Waals surface area contributed by atoms with Crippen molar-refractivity contribution >= 4 is 23.2 Å². The van der Waals surface area contributed by atoms with Gasteiger partial charge in [0.05, 0.1) is 6.10 Å². The fourth-order valence-corrected chi connectivity index (χ4v) is 1.09. The molecule has 0 N–H and O–H groups in total. The Kier molecular flexibility index (Phi) is 3.24. The van der Waals surface area contributed by atoms with Crippen LogP contribution in [0.3, 0.4) is 0 Å². The summed E-state index contributed by atoms with van der Waals surface area (Å²) in [4.78, 5) is 0. The first-order chi connectivity index (χ1) is 4.77. The van der Waals surface area contributed by atoms with Gasteiger partial charge in [-0.3, -0.25) is 0 Å². The van der Waals surface area contributed by atoms with E-state index in [2.05, 4.69) is 0 Å². The van der Waals surface area contributed by atoms with Crippen molar-refractivity contribution in [2.75, 3.05) is 11.8 Å². The van der Waals surface area contributed by atoms with Crippen LogP contribution in [0.25, 0.3) is 0 Å². The fraction of sp³-hybridized carbons (Fsp3) is 1.00. The molecule has 0 radical (unpaired) electrons. The Labute approximate surface area is 70.4 Å². The number of halogens is 2. The summed E-state index contributed by atoms with van der Waals surface area (Å²) in [6, 6.07) is 0. The summed E-state index contributed by atoms with van der Waals surface area (Å²) in [5.41, 5.74) is 0. The van der Waals surface area contributed by atoms with Crippen LogP contribution < -0.4 is 0 Å². The molecule has 1 saturated heterocycles. The zero-order chi connectivity index (χ0) is 7.56. The summed E-state index contributed by atoms with van der Waals surface area (Å²) >= 11 is 11.0. The van der Waals surface area contributed by atoms with Crippen LogP contribution in [0.2, 0.25) is 0 Å². The molecule has 1 aliphatic heterocycles. The van der Waals surface area contributed by atoms with Crippen molar-refractivity contribution in [2.24, 2.45) is 0 Å². The molecule has 0 bridgehead atoms. The van der Waals surface area contributed by atoms with Gasteiger partial charge in [0.2, 0.25) is 0 Å². The molecule has 2 unspecified atom stereocenters. The SMILES string of the molecule is CC1OC1OC(CCl)CCl. The van der Waals surface area contributed by atoms with Gasteiger partial charge in [-0.2, -0.15) is 0 Å². The number of ether oxygens (including phenoxy) is 2. The minimum absolute atomic E-state index is 0.0671. The van der Waals surface area contributed by atoms with Crippen molar-refractivity contribution in [2.45, 2.75) is 25.4 Å². The van der Waals surface area contributed by atoms with E-state index in [0.717, 1.165) is 0 Å². The molecule has 0 spiro atoms. The van der Waals surface area contributed by atoms with E-state index in [1.54, 1.807) is 0 Å². The normalized spacial score (nSPS) is 31.2. The topological polar surface area (TPSA) is 21.8 Å². The smallest absolute Gasteiger partial charge is 0.184 e. The van der Waals surface area contributed by atoms with E-state index in [1.165, 1.54) is 0 Å². The van der Waals surface area contributed by atoms with Crippen molar-refractivity contribution in [1.82, 2.24) is 0 Å². The maximum Gasteiger partial charge on any atom is 0.184 e. The van der Waals surface area contributed by atoms with Crippen LogP contribution in [0.5, 0.6) is 0 Å². The molecule has 0 saturated carbocycles. The Morgan fingerprint density at radius 1 is 1.50 bits per heavy atom. The molecule has 0 aromatic carbocycles. The number of hydrogen-bond acceptors (Lipinski definition) is 2. The lowest BCUT2D eigenvalue weighted by Gasteiger charge is -2.08. The molecular weight excluding hydrogens is 175 g/mol. The number of epoxide rings is 1. The minimum atomic E-state index is -0.0710. The zero-order valence-electron chi connectivity index (χ0n) is 5.72. The van der Waals surface area contributed by atoms with Crippen LogP contribution in [0.4, 0.5) is 0 Å². The van der Waals surface area contributed by atoms with Gasteiger partial charge in [0.1, 0.15) is 6.10 Å².